The maximum Gasteiger partial charge on any atom is 0.405 e. The van der Waals surface area contributed by atoms with Gasteiger partial charge < -0.3 is 15.4 Å². The van der Waals surface area contributed by atoms with Crippen molar-refractivity contribution in [2.45, 2.75) is 18.6 Å². The van der Waals surface area contributed by atoms with Gasteiger partial charge in [0.25, 0.3) is 0 Å². The van der Waals surface area contributed by atoms with Gasteiger partial charge >= 0.3 is 6.18 Å². The van der Waals surface area contributed by atoms with Crippen LogP contribution in [0.3, 0.4) is 0 Å². The number of hydrogen-bond acceptors (Lipinski definition) is 4. The minimum Gasteiger partial charge on any atom is -0.491 e. The number of nitrogens with one attached hydrogen (secondary N) is 2. The molecule has 1 aromatic carbocycles. The molecule has 1 amide bonds. The van der Waals surface area contributed by atoms with E-state index in [1.807, 2.05) is 0 Å². The van der Waals surface area contributed by atoms with Crippen molar-refractivity contribution < 1.29 is 27.1 Å². The van der Waals surface area contributed by atoms with Gasteiger partial charge in [0.05, 0.1) is 18.1 Å². The van der Waals surface area contributed by atoms with E-state index in [-0.39, 0.29) is 36.9 Å². The minimum atomic E-state index is -4.43. The average Bonchev–Trinajstić information content (AvgIpc) is 2.57. The number of benzene rings is 1. The van der Waals surface area contributed by atoms with Gasteiger partial charge in [0.1, 0.15) is 17.6 Å². The monoisotopic (exact) mass is 397 g/mol. The van der Waals surface area contributed by atoms with Gasteiger partial charge in [0.2, 0.25) is 5.91 Å². The summed E-state index contributed by atoms with van der Waals surface area (Å²) in [5.41, 5.74) is 0. The Balaban J connectivity index is 1.78. The lowest BCUT2D eigenvalue weighted by Crippen LogP contribution is -2.57. The number of halogens is 5. The van der Waals surface area contributed by atoms with Crippen LogP contribution in [0.4, 0.5) is 17.6 Å². The molecule has 0 saturated carbocycles. The molecule has 0 spiro atoms. The summed E-state index contributed by atoms with van der Waals surface area (Å²) in [5.74, 6) is -0.881. The Labute approximate surface area is 153 Å². The van der Waals surface area contributed by atoms with Crippen molar-refractivity contribution >= 4 is 17.5 Å². The maximum absolute atomic E-state index is 13.2. The molecule has 1 aliphatic rings. The Morgan fingerprint density at radius 1 is 1.35 bits per heavy atom. The summed E-state index contributed by atoms with van der Waals surface area (Å²) in [6.45, 7) is 0.902. The predicted octanol–water partition coefficient (Wildman–Crippen LogP) is 2.20. The second-order valence-electron chi connectivity index (χ2n) is 5.82. The SMILES string of the molecule is O=C(CCOc1ccc(F)cc1Cl)NCC(N1CCNCC1)C(F)(F)F. The Morgan fingerprint density at radius 2 is 2.04 bits per heavy atom. The van der Waals surface area contributed by atoms with E-state index in [9.17, 15) is 22.4 Å². The molecule has 1 aromatic rings. The summed E-state index contributed by atoms with van der Waals surface area (Å²) in [6, 6.07) is 1.82. The Kier molecular flexibility index (Phi) is 7.48. The van der Waals surface area contributed by atoms with Gasteiger partial charge in [-0.3, -0.25) is 9.69 Å². The third kappa shape index (κ3) is 6.30. The van der Waals surface area contributed by atoms with Crippen molar-refractivity contribution in [3.8, 4) is 5.75 Å². The van der Waals surface area contributed by atoms with Crippen LogP contribution in [0.1, 0.15) is 6.42 Å². The Hall–Kier alpha value is -1.58. The molecular weight excluding hydrogens is 378 g/mol. The number of piperazine rings is 1. The smallest absolute Gasteiger partial charge is 0.405 e. The summed E-state index contributed by atoms with van der Waals surface area (Å²) in [4.78, 5) is 13.1. The van der Waals surface area contributed by atoms with E-state index >= 15 is 0 Å². The fourth-order valence-corrected chi connectivity index (χ4v) is 2.81. The number of amides is 1. The Bertz CT molecular complexity index is 610. The third-order valence-corrected chi connectivity index (χ3v) is 4.24. The van der Waals surface area contributed by atoms with E-state index < -0.39 is 30.5 Å². The van der Waals surface area contributed by atoms with Crippen molar-refractivity contribution in [3.05, 3.63) is 29.0 Å². The number of nitrogens with zero attached hydrogens (tertiary/aromatic N) is 1. The number of rotatable bonds is 7. The standard InChI is InChI=1S/C16H20ClF4N3O2/c17-12-9-11(18)1-2-13(12)26-8-3-15(25)23-10-14(16(19,20)21)24-6-4-22-5-7-24/h1-2,9,14,22H,3-8,10H2,(H,23,25). The van der Waals surface area contributed by atoms with Crippen molar-refractivity contribution in [2.75, 3.05) is 39.3 Å². The van der Waals surface area contributed by atoms with Gasteiger partial charge in [0.15, 0.2) is 0 Å². The molecule has 1 atom stereocenters. The molecule has 0 radical (unpaired) electrons. The van der Waals surface area contributed by atoms with Gasteiger partial charge in [-0.05, 0) is 18.2 Å². The molecule has 146 valence electrons. The fourth-order valence-electron chi connectivity index (χ4n) is 2.59. The highest BCUT2D eigenvalue weighted by atomic mass is 35.5. The normalized spacial score (nSPS) is 17.0. The number of ether oxygens (including phenoxy) is 1. The minimum absolute atomic E-state index is 0.0567. The van der Waals surface area contributed by atoms with Crippen LogP contribution in [-0.2, 0) is 4.79 Å². The van der Waals surface area contributed by atoms with Gasteiger partial charge in [0, 0.05) is 32.7 Å². The van der Waals surface area contributed by atoms with Crippen LogP contribution in [0.25, 0.3) is 0 Å². The molecule has 1 aliphatic heterocycles. The van der Waals surface area contributed by atoms with Crippen LogP contribution < -0.4 is 15.4 Å². The lowest BCUT2D eigenvalue weighted by Gasteiger charge is -2.35. The lowest BCUT2D eigenvalue weighted by molar-refractivity contribution is -0.184. The van der Waals surface area contributed by atoms with Crippen molar-refractivity contribution in [1.29, 1.82) is 0 Å². The van der Waals surface area contributed by atoms with Crippen LogP contribution in [-0.4, -0.2) is 62.4 Å². The molecule has 1 saturated heterocycles. The summed E-state index contributed by atoms with van der Waals surface area (Å²) < 4.78 is 57.8. The molecule has 2 rings (SSSR count). The highest BCUT2D eigenvalue weighted by Gasteiger charge is 2.43. The first kappa shape index (κ1) is 20.7. The molecule has 1 heterocycles. The molecule has 5 nitrogen and oxygen atoms in total. The second kappa shape index (κ2) is 9.38. The number of carbonyl (C=O) groups excluding carboxylic acids is 1. The molecular formula is C16H20ClF4N3O2. The zero-order valence-electron chi connectivity index (χ0n) is 13.9. The van der Waals surface area contributed by atoms with Crippen molar-refractivity contribution in [2.24, 2.45) is 0 Å². The van der Waals surface area contributed by atoms with E-state index in [0.29, 0.717) is 13.1 Å². The second-order valence-corrected chi connectivity index (χ2v) is 6.23. The first-order valence-electron chi connectivity index (χ1n) is 8.13. The van der Waals surface area contributed by atoms with Crippen molar-refractivity contribution in [1.82, 2.24) is 15.5 Å². The molecule has 2 N–H and O–H groups in total. The molecule has 0 bridgehead atoms. The number of hydrogen-bond donors (Lipinski definition) is 2. The summed E-state index contributed by atoms with van der Waals surface area (Å²) >= 11 is 5.78. The van der Waals surface area contributed by atoms with Gasteiger partial charge in [-0.1, -0.05) is 11.6 Å². The highest BCUT2D eigenvalue weighted by molar-refractivity contribution is 6.32. The number of carbonyl (C=O) groups is 1. The zero-order chi connectivity index (χ0) is 19.2. The lowest BCUT2D eigenvalue weighted by atomic mass is 10.2. The largest absolute Gasteiger partial charge is 0.491 e. The van der Waals surface area contributed by atoms with Gasteiger partial charge in [-0.25, -0.2) is 4.39 Å². The third-order valence-electron chi connectivity index (χ3n) is 3.94. The van der Waals surface area contributed by atoms with Gasteiger partial charge in [-0.2, -0.15) is 13.2 Å². The van der Waals surface area contributed by atoms with Crippen LogP contribution in [0.15, 0.2) is 18.2 Å². The molecule has 26 heavy (non-hydrogen) atoms. The van der Waals surface area contributed by atoms with E-state index in [2.05, 4.69) is 10.6 Å². The summed E-state index contributed by atoms with van der Waals surface area (Å²) in [6.07, 6.45) is -4.57. The van der Waals surface area contributed by atoms with E-state index in [4.69, 9.17) is 16.3 Å². The Morgan fingerprint density at radius 3 is 2.65 bits per heavy atom. The molecule has 10 heteroatoms. The maximum atomic E-state index is 13.2. The van der Waals surface area contributed by atoms with E-state index in [1.165, 1.54) is 11.0 Å². The first-order valence-corrected chi connectivity index (χ1v) is 8.51. The molecule has 0 aromatic heterocycles. The molecule has 0 aliphatic carbocycles. The average molecular weight is 398 g/mol. The topological polar surface area (TPSA) is 53.6 Å². The molecule has 1 unspecified atom stereocenters. The number of alkyl halides is 3. The zero-order valence-corrected chi connectivity index (χ0v) is 14.7. The van der Waals surface area contributed by atoms with E-state index in [0.717, 1.165) is 12.1 Å². The van der Waals surface area contributed by atoms with Crippen molar-refractivity contribution in [3.63, 3.8) is 0 Å². The van der Waals surface area contributed by atoms with Gasteiger partial charge in [-0.15, -0.1) is 0 Å². The first-order chi connectivity index (χ1) is 12.3. The van der Waals surface area contributed by atoms with Crippen LogP contribution >= 0.6 is 11.6 Å². The van der Waals surface area contributed by atoms with Crippen LogP contribution in [0, 0.1) is 5.82 Å². The van der Waals surface area contributed by atoms with E-state index in [1.54, 1.807) is 0 Å². The summed E-state index contributed by atoms with van der Waals surface area (Å²) in [5, 5.41) is 5.35. The fraction of sp³-hybridized carbons (Fsp3) is 0.562. The van der Waals surface area contributed by atoms with Crippen LogP contribution in [0.5, 0.6) is 5.75 Å². The molecule has 1 fully saturated rings. The van der Waals surface area contributed by atoms with Crippen LogP contribution in [0.2, 0.25) is 5.02 Å². The predicted molar refractivity (Wildman–Crippen MR) is 88.8 cm³/mol. The quantitative estimate of drug-likeness (QED) is 0.693. The highest BCUT2D eigenvalue weighted by Crippen LogP contribution is 2.26. The summed E-state index contributed by atoms with van der Waals surface area (Å²) in [7, 11) is 0.